The molecule has 5 heteroatoms. The lowest BCUT2D eigenvalue weighted by molar-refractivity contribution is 0.187. The zero-order chi connectivity index (χ0) is 17.3. The molecule has 0 aromatic carbocycles. The Morgan fingerprint density at radius 2 is 1.82 bits per heavy atom. The van der Waals surface area contributed by atoms with Gasteiger partial charge in [-0.3, -0.25) is 4.57 Å². The van der Waals surface area contributed by atoms with Gasteiger partial charge in [-0.1, -0.05) is 53.2 Å². The first-order chi connectivity index (χ1) is 9.78. The molecule has 0 fully saturated rings. The number of hydrogen-bond donors (Lipinski definition) is 2. The maximum absolute atomic E-state index is 12.1. The molecule has 1 rings (SSSR count). The van der Waals surface area contributed by atoms with Crippen molar-refractivity contribution < 1.29 is 19.1 Å². The first-order valence-electron chi connectivity index (χ1n) is 7.87. The molecule has 0 radical (unpaired) electrons. The Kier molecular flexibility index (Phi) is 5.76. The summed E-state index contributed by atoms with van der Waals surface area (Å²) in [6.07, 6.45) is 2.51. The van der Waals surface area contributed by atoms with Crippen LogP contribution in [0, 0.1) is 16.7 Å². The number of rotatable bonds is 4. The molecule has 0 saturated heterocycles. The summed E-state index contributed by atoms with van der Waals surface area (Å²) in [6.45, 7) is 14.3. The average Bonchev–Trinajstić information content (AvgIpc) is 2.27. The number of allylic oxidation sites excluding steroid dienone is 4. The van der Waals surface area contributed by atoms with Crippen LogP contribution in [0.4, 0.5) is 0 Å². The summed E-state index contributed by atoms with van der Waals surface area (Å²) < 4.78 is 17.1. The highest BCUT2D eigenvalue weighted by Crippen LogP contribution is 2.50. The predicted molar refractivity (Wildman–Crippen MR) is 91.1 cm³/mol. The lowest BCUT2D eigenvalue weighted by Crippen LogP contribution is -2.29. The number of aliphatic hydroxyl groups is 1. The second-order valence-corrected chi connectivity index (χ2v) is 10.0. The molecule has 2 N–H and O–H groups in total. The highest BCUT2D eigenvalue weighted by Gasteiger charge is 2.37. The van der Waals surface area contributed by atoms with Crippen LogP contribution in [0.2, 0.25) is 0 Å². The standard InChI is InChI=1S/C17H31O4P/c1-8-21-22(19,20)11-12-9-13(16(2,3)4)15(18)14(10-12)17(5,6)7/h9,14,18H,8,10-11H2,1-7H3,(H,19,20). The normalized spacial score (nSPS) is 23.3. The molecule has 0 saturated carbocycles. The van der Waals surface area contributed by atoms with Crippen molar-refractivity contribution in [2.24, 2.45) is 16.7 Å². The molecule has 2 unspecified atom stereocenters. The first-order valence-corrected chi connectivity index (χ1v) is 9.63. The van der Waals surface area contributed by atoms with Gasteiger partial charge in [0.25, 0.3) is 0 Å². The average molecular weight is 330 g/mol. The summed E-state index contributed by atoms with van der Waals surface area (Å²) >= 11 is 0. The minimum absolute atomic E-state index is 0.0281. The van der Waals surface area contributed by atoms with Crippen LogP contribution in [-0.4, -0.2) is 22.8 Å². The van der Waals surface area contributed by atoms with E-state index in [9.17, 15) is 14.6 Å². The largest absolute Gasteiger partial charge is 0.512 e. The smallest absolute Gasteiger partial charge is 0.332 e. The van der Waals surface area contributed by atoms with Crippen LogP contribution in [0.15, 0.2) is 23.0 Å². The van der Waals surface area contributed by atoms with E-state index in [0.717, 1.165) is 11.1 Å². The molecule has 0 aromatic rings. The molecule has 22 heavy (non-hydrogen) atoms. The third-order valence-electron chi connectivity index (χ3n) is 4.01. The van der Waals surface area contributed by atoms with E-state index in [4.69, 9.17) is 4.52 Å². The molecule has 128 valence electrons. The van der Waals surface area contributed by atoms with Crippen molar-refractivity contribution in [3.63, 3.8) is 0 Å². The van der Waals surface area contributed by atoms with Crippen LogP contribution < -0.4 is 0 Å². The maximum Gasteiger partial charge on any atom is 0.332 e. The third-order valence-corrected chi connectivity index (χ3v) is 5.48. The van der Waals surface area contributed by atoms with E-state index >= 15 is 0 Å². The summed E-state index contributed by atoms with van der Waals surface area (Å²) in [5, 5.41) is 10.7. The Labute approximate surface area is 134 Å². The van der Waals surface area contributed by atoms with Gasteiger partial charge in [0.1, 0.15) is 0 Å². The van der Waals surface area contributed by atoms with Crippen molar-refractivity contribution in [1.82, 2.24) is 0 Å². The number of hydrogen-bond acceptors (Lipinski definition) is 3. The van der Waals surface area contributed by atoms with E-state index in [1.807, 2.05) is 26.8 Å². The Bertz CT molecular complexity index is 518. The zero-order valence-corrected chi connectivity index (χ0v) is 15.8. The second-order valence-electron chi connectivity index (χ2n) is 8.19. The van der Waals surface area contributed by atoms with E-state index in [0.29, 0.717) is 12.2 Å². The highest BCUT2D eigenvalue weighted by molar-refractivity contribution is 7.53. The quantitative estimate of drug-likeness (QED) is 0.707. The molecule has 1 aliphatic carbocycles. The van der Waals surface area contributed by atoms with Crippen LogP contribution in [-0.2, 0) is 9.09 Å². The molecule has 0 spiro atoms. The number of aliphatic hydroxyl groups excluding tert-OH is 1. The molecule has 0 aliphatic heterocycles. The van der Waals surface area contributed by atoms with Gasteiger partial charge in [0.05, 0.1) is 18.5 Å². The van der Waals surface area contributed by atoms with Crippen LogP contribution in [0.25, 0.3) is 0 Å². The Morgan fingerprint density at radius 1 is 1.27 bits per heavy atom. The van der Waals surface area contributed by atoms with Gasteiger partial charge in [0, 0.05) is 5.92 Å². The van der Waals surface area contributed by atoms with Crippen molar-refractivity contribution in [3.05, 3.63) is 23.0 Å². The van der Waals surface area contributed by atoms with Crippen molar-refractivity contribution in [3.8, 4) is 0 Å². The summed E-state index contributed by atoms with van der Waals surface area (Å²) in [5.74, 6) is 0.358. The van der Waals surface area contributed by atoms with E-state index in [2.05, 4.69) is 20.8 Å². The molecule has 0 aromatic heterocycles. The van der Waals surface area contributed by atoms with Crippen LogP contribution in [0.1, 0.15) is 54.9 Å². The SMILES string of the molecule is CCOP(=O)(O)CC1=CC(C(C)(C)C)=C(O)C(C(C)(C)C)C1. The Balaban J connectivity index is 3.24. The molecule has 2 atom stereocenters. The Morgan fingerprint density at radius 3 is 2.23 bits per heavy atom. The topological polar surface area (TPSA) is 66.8 Å². The molecule has 1 aliphatic rings. The van der Waals surface area contributed by atoms with Gasteiger partial charge in [-0.05, 0) is 29.7 Å². The molecular formula is C17H31O4P. The van der Waals surface area contributed by atoms with E-state index in [1.165, 1.54) is 0 Å². The van der Waals surface area contributed by atoms with Gasteiger partial charge in [0.15, 0.2) is 0 Å². The van der Waals surface area contributed by atoms with E-state index < -0.39 is 7.60 Å². The van der Waals surface area contributed by atoms with Crippen LogP contribution in [0.5, 0.6) is 0 Å². The molecule has 0 amide bonds. The lowest BCUT2D eigenvalue weighted by atomic mass is 9.69. The fraction of sp³-hybridized carbons (Fsp3) is 0.765. The monoisotopic (exact) mass is 330 g/mol. The zero-order valence-electron chi connectivity index (χ0n) is 14.9. The fourth-order valence-electron chi connectivity index (χ4n) is 2.81. The summed E-state index contributed by atoms with van der Waals surface area (Å²) in [5.41, 5.74) is 1.39. The predicted octanol–water partition coefficient (Wildman–Crippen LogP) is 5.06. The van der Waals surface area contributed by atoms with Crippen molar-refractivity contribution in [2.45, 2.75) is 54.9 Å². The minimum atomic E-state index is -3.61. The fourth-order valence-corrected chi connectivity index (χ4v) is 4.04. The molecule has 0 bridgehead atoms. The third kappa shape index (κ3) is 4.97. The maximum atomic E-state index is 12.1. The van der Waals surface area contributed by atoms with Crippen LogP contribution in [0.3, 0.4) is 0 Å². The highest BCUT2D eigenvalue weighted by atomic mass is 31.2. The first kappa shape index (κ1) is 19.5. The van der Waals surface area contributed by atoms with E-state index in [1.54, 1.807) is 6.92 Å². The van der Waals surface area contributed by atoms with Crippen LogP contribution >= 0.6 is 7.60 Å². The molecular weight excluding hydrogens is 299 g/mol. The molecule has 4 nitrogen and oxygen atoms in total. The lowest BCUT2D eigenvalue weighted by Gasteiger charge is -2.38. The summed E-state index contributed by atoms with van der Waals surface area (Å²) in [4.78, 5) is 9.92. The van der Waals surface area contributed by atoms with Gasteiger partial charge in [-0.25, -0.2) is 0 Å². The molecule has 0 heterocycles. The Hall–Kier alpha value is -0.570. The minimum Gasteiger partial charge on any atom is -0.512 e. The van der Waals surface area contributed by atoms with Gasteiger partial charge < -0.3 is 14.5 Å². The van der Waals surface area contributed by atoms with Gasteiger partial charge in [-0.2, -0.15) is 0 Å². The summed E-state index contributed by atoms with van der Waals surface area (Å²) in [7, 11) is -3.61. The van der Waals surface area contributed by atoms with Crippen molar-refractivity contribution in [1.29, 1.82) is 0 Å². The van der Waals surface area contributed by atoms with E-state index in [-0.39, 0.29) is 29.5 Å². The second kappa shape index (κ2) is 6.51. The van der Waals surface area contributed by atoms with Crippen molar-refractivity contribution >= 4 is 7.60 Å². The van der Waals surface area contributed by atoms with Gasteiger partial charge in [0.2, 0.25) is 0 Å². The van der Waals surface area contributed by atoms with Crippen molar-refractivity contribution in [2.75, 3.05) is 12.8 Å². The summed E-state index contributed by atoms with van der Waals surface area (Å²) in [6, 6.07) is 0. The van der Waals surface area contributed by atoms with Gasteiger partial charge >= 0.3 is 7.60 Å². The van der Waals surface area contributed by atoms with Gasteiger partial charge in [-0.15, -0.1) is 0 Å².